The molecule has 0 saturated carbocycles. The number of nitrogens with zero attached hydrogens (tertiary/aromatic N) is 3. The Bertz CT molecular complexity index is 811. The summed E-state index contributed by atoms with van der Waals surface area (Å²) in [6.45, 7) is 6.24. The van der Waals surface area contributed by atoms with E-state index in [2.05, 4.69) is 18.8 Å². The molecule has 2 saturated heterocycles. The van der Waals surface area contributed by atoms with Gasteiger partial charge in [0.2, 0.25) is 11.8 Å². The van der Waals surface area contributed by atoms with E-state index in [-0.39, 0.29) is 23.8 Å². The average Bonchev–Trinajstić information content (AvgIpc) is 3.24. The second-order valence-corrected chi connectivity index (χ2v) is 8.28. The Balaban J connectivity index is 1.54. The van der Waals surface area contributed by atoms with Crippen LogP contribution in [0.4, 0.5) is 0 Å². The number of piperidine rings is 1. The van der Waals surface area contributed by atoms with Gasteiger partial charge in [-0.3, -0.25) is 9.59 Å². The van der Waals surface area contributed by atoms with E-state index in [0.717, 1.165) is 49.2 Å². The van der Waals surface area contributed by atoms with Crippen LogP contribution >= 0.6 is 0 Å². The van der Waals surface area contributed by atoms with E-state index in [1.54, 1.807) is 0 Å². The number of aromatic amines is 1. The van der Waals surface area contributed by atoms with Crippen LogP contribution in [-0.4, -0.2) is 51.2 Å². The number of fused-ring (bicyclic) bond motifs is 1. The first-order chi connectivity index (χ1) is 13.0. The summed E-state index contributed by atoms with van der Waals surface area (Å²) in [6.07, 6.45) is 3.37. The molecule has 0 spiro atoms. The highest BCUT2D eigenvalue weighted by Crippen LogP contribution is 2.33. The van der Waals surface area contributed by atoms with E-state index in [0.29, 0.717) is 18.9 Å². The molecule has 6 nitrogen and oxygen atoms in total. The van der Waals surface area contributed by atoms with E-state index in [4.69, 9.17) is 4.98 Å². The molecule has 2 amide bonds. The van der Waals surface area contributed by atoms with Crippen molar-refractivity contribution in [1.82, 2.24) is 19.8 Å². The monoisotopic (exact) mass is 368 g/mol. The largest absolute Gasteiger partial charge is 0.342 e. The molecular formula is C21H28N4O2. The van der Waals surface area contributed by atoms with Crippen molar-refractivity contribution >= 4 is 22.8 Å². The maximum atomic E-state index is 13.3. The second kappa shape index (κ2) is 7.33. The fourth-order valence-electron chi connectivity index (χ4n) is 4.40. The van der Waals surface area contributed by atoms with Crippen molar-refractivity contribution in [3.05, 3.63) is 30.1 Å². The highest BCUT2D eigenvalue weighted by atomic mass is 16.2. The number of aromatic nitrogens is 2. The molecule has 2 aliphatic heterocycles. The number of hydrogen-bond donors (Lipinski definition) is 1. The predicted octanol–water partition coefficient (Wildman–Crippen LogP) is 3.12. The summed E-state index contributed by atoms with van der Waals surface area (Å²) >= 11 is 0. The highest BCUT2D eigenvalue weighted by Gasteiger charge is 2.40. The van der Waals surface area contributed by atoms with Crippen LogP contribution in [0.1, 0.15) is 51.4 Å². The lowest BCUT2D eigenvalue weighted by atomic mass is 9.98. The van der Waals surface area contributed by atoms with Gasteiger partial charge in [-0.15, -0.1) is 0 Å². The van der Waals surface area contributed by atoms with Crippen LogP contribution in [0.2, 0.25) is 0 Å². The number of amides is 2. The molecule has 1 aromatic carbocycles. The fourth-order valence-corrected chi connectivity index (χ4v) is 4.40. The number of benzene rings is 1. The van der Waals surface area contributed by atoms with Gasteiger partial charge in [0, 0.05) is 26.1 Å². The first kappa shape index (κ1) is 18.0. The number of nitrogens with one attached hydrogen (secondary N) is 1. The van der Waals surface area contributed by atoms with Gasteiger partial charge < -0.3 is 14.8 Å². The Morgan fingerprint density at radius 3 is 2.89 bits per heavy atom. The van der Waals surface area contributed by atoms with Crippen LogP contribution in [0, 0.1) is 11.8 Å². The molecule has 2 fully saturated rings. The lowest BCUT2D eigenvalue weighted by molar-refractivity contribution is -0.139. The van der Waals surface area contributed by atoms with Crippen LogP contribution in [0.5, 0.6) is 0 Å². The minimum atomic E-state index is -0.221. The summed E-state index contributed by atoms with van der Waals surface area (Å²) < 4.78 is 0. The summed E-state index contributed by atoms with van der Waals surface area (Å²) in [5.41, 5.74) is 1.94. The molecule has 1 N–H and O–H groups in total. The van der Waals surface area contributed by atoms with E-state index >= 15 is 0 Å². The van der Waals surface area contributed by atoms with E-state index < -0.39 is 0 Å². The number of para-hydroxylation sites is 2. The first-order valence-electron chi connectivity index (χ1n) is 10.1. The van der Waals surface area contributed by atoms with Gasteiger partial charge in [0.25, 0.3) is 0 Å². The van der Waals surface area contributed by atoms with Crippen LogP contribution in [0.15, 0.2) is 24.3 Å². The minimum absolute atomic E-state index is 0.0205. The predicted molar refractivity (Wildman–Crippen MR) is 104 cm³/mol. The Morgan fingerprint density at radius 2 is 2.11 bits per heavy atom. The molecule has 6 heteroatoms. The SMILES string of the molecule is CC(C)CN1C[C@H](C(=O)N2CCCC[C@H]2c2nc3ccccc3[nH]2)CC1=O. The summed E-state index contributed by atoms with van der Waals surface area (Å²) in [7, 11) is 0. The Kier molecular flexibility index (Phi) is 4.89. The van der Waals surface area contributed by atoms with Gasteiger partial charge in [-0.05, 0) is 37.3 Å². The molecule has 1 aromatic heterocycles. The highest BCUT2D eigenvalue weighted by molar-refractivity contribution is 5.89. The van der Waals surface area contributed by atoms with Crippen molar-refractivity contribution < 1.29 is 9.59 Å². The van der Waals surface area contributed by atoms with E-state index in [1.807, 2.05) is 34.1 Å². The summed E-state index contributed by atoms with van der Waals surface area (Å²) in [4.78, 5) is 37.6. The molecular weight excluding hydrogens is 340 g/mol. The zero-order valence-corrected chi connectivity index (χ0v) is 16.1. The lowest BCUT2D eigenvalue weighted by Crippen LogP contribution is -2.43. The molecule has 0 radical (unpaired) electrons. The zero-order chi connectivity index (χ0) is 19.0. The number of carbonyl (C=O) groups excluding carboxylic acids is 2. The van der Waals surface area contributed by atoms with Crippen LogP contribution in [0.25, 0.3) is 11.0 Å². The van der Waals surface area contributed by atoms with Crippen molar-refractivity contribution in [2.75, 3.05) is 19.6 Å². The standard InChI is InChI=1S/C21H28N4O2/c1-14(2)12-24-13-15(11-19(24)26)21(27)25-10-6-5-9-18(25)20-22-16-7-3-4-8-17(16)23-20/h3-4,7-8,14-15,18H,5-6,9-13H2,1-2H3,(H,22,23)/t15-,18+/m1/s1. The van der Waals surface area contributed by atoms with Crippen molar-refractivity contribution in [2.24, 2.45) is 11.8 Å². The van der Waals surface area contributed by atoms with Crippen LogP contribution in [0.3, 0.4) is 0 Å². The van der Waals surface area contributed by atoms with Crippen LogP contribution in [-0.2, 0) is 9.59 Å². The van der Waals surface area contributed by atoms with Gasteiger partial charge >= 0.3 is 0 Å². The van der Waals surface area contributed by atoms with Gasteiger partial charge in [0.1, 0.15) is 5.82 Å². The van der Waals surface area contributed by atoms with Crippen LogP contribution < -0.4 is 0 Å². The summed E-state index contributed by atoms with van der Waals surface area (Å²) in [5, 5.41) is 0. The zero-order valence-electron chi connectivity index (χ0n) is 16.1. The second-order valence-electron chi connectivity index (χ2n) is 8.28. The molecule has 0 unspecified atom stereocenters. The number of hydrogen-bond acceptors (Lipinski definition) is 3. The van der Waals surface area contributed by atoms with Gasteiger partial charge in [-0.25, -0.2) is 4.98 Å². The molecule has 2 atom stereocenters. The van der Waals surface area contributed by atoms with E-state index in [9.17, 15) is 9.59 Å². The smallest absolute Gasteiger partial charge is 0.228 e. The summed E-state index contributed by atoms with van der Waals surface area (Å²) in [5.74, 6) is 1.29. The molecule has 144 valence electrons. The van der Waals surface area contributed by atoms with Gasteiger partial charge in [-0.2, -0.15) is 0 Å². The quantitative estimate of drug-likeness (QED) is 0.901. The van der Waals surface area contributed by atoms with Crippen molar-refractivity contribution in [3.63, 3.8) is 0 Å². The van der Waals surface area contributed by atoms with Gasteiger partial charge in [-0.1, -0.05) is 26.0 Å². The van der Waals surface area contributed by atoms with Gasteiger partial charge in [0.15, 0.2) is 0 Å². The van der Waals surface area contributed by atoms with Gasteiger partial charge in [0.05, 0.1) is 23.0 Å². The Morgan fingerprint density at radius 1 is 1.30 bits per heavy atom. The third-order valence-corrected chi connectivity index (χ3v) is 5.66. The lowest BCUT2D eigenvalue weighted by Gasteiger charge is -2.36. The number of likely N-dealkylation sites (tertiary alicyclic amines) is 2. The number of carbonyl (C=O) groups is 2. The first-order valence-corrected chi connectivity index (χ1v) is 10.1. The molecule has 3 heterocycles. The summed E-state index contributed by atoms with van der Waals surface area (Å²) in [6, 6.07) is 7.95. The van der Waals surface area contributed by atoms with Crippen molar-refractivity contribution in [1.29, 1.82) is 0 Å². The van der Waals surface area contributed by atoms with Crippen molar-refractivity contribution in [3.8, 4) is 0 Å². The van der Waals surface area contributed by atoms with E-state index in [1.165, 1.54) is 0 Å². The molecule has 0 aliphatic carbocycles. The molecule has 0 bridgehead atoms. The Labute approximate surface area is 159 Å². The third kappa shape index (κ3) is 3.57. The molecule has 2 aromatic rings. The molecule has 4 rings (SSSR count). The molecule has 2 aliphatic rings. The number of rotatable bonds is 4. The fraction of sp³-hybridized carbons (Fsp3) is 0.571. The molecule has 27 heavy (non-hydrogen) atoms. The number of imidazole rings is 1. The maximum absolute atomic E-state index is 13.3. The average molecular weight is 368 g/mol. The van der Waals surface area contributed by atoms with Crippen molar-refractivity contribution in [2.45, 2.75) is 45.6 Å². The normalized spacial score (nSPS) is 23.6. The minimum Gasteiger partial charge on any atom is -0.342 e. The topological polar surface area (TPSA) is 69.3 Å². The maximum Gasteiger partial charge on any atom is 0.228 e. The third-order valence-electron chi connectivity index (χ3n) is 5.66. The Hall–Kier alpha value is -2.37. The number of H-pyrrole nitrogens is 1.